The summed E-state index contributed by atoms with van der Waals surface area (Å²) in [6, 6.07) is 0. The summed E-state index contributed by atoms with van der Waals surface area (Å²) in [5, 5.41) is 1.16. The van der Waals surface area contributed by atoms with Crippen LogP contribution in [0, 0.1) is 18.8 Å². The topological polar surface area (TPSA) is 0 Å². The van der Waals surface area contributed by atoms with Gasteiger partial charge in [-0.3, -0.25) is 0 Å². The van der Waals surface area contributed by atoms with Gasteiger partial charge in [0.1, 0.15) is 0 Å². The summed E-state index contributed by atoms with van der Waals surface area (Å²) in [6.07, 6.45) is 2.69. The predicted molar refractivity (Wildman–Crippen MR) is 35.4 cm³/mol. The molecule has 1 rings (SSSR count). The number of hydrogen-bond acceptors (Lipinski definition) is 0. The highest BCUT2D eigenvalue weighted by molar-refractivity contribution is 9.09. The number of rotatable bonds is 2. The molecule has 0 spiro atoms. The molecule has 0 saturated heterocycles. The molecular formula is C6H10Br. The minimum Gasteiger partial charge on any atom is -0.0928 e. The third-order valence-corrected chi connectivity index (χ3v) is 2.01. The van der Waals surface area contributed by atoms with Gasteiger partial charge in [0.15, 0.2) is 0 Å². The number of alkyl halides is 1. The first-order valence-corrected chi connectivity index (χ1v) is 3.86. The van der Waals surface area contributed by atoms with Crippen molar-refractivity contribution in [3.8, 4) is 0 Å². The van der Waals surface area contributed by atoms with E-state index in [2.05, 4.69) is 22.9 Å². The zero-order valence-electron chi connectivity index (χ0n) is 4.36. The van der Waals surface area contributed by atoms with Crippen molar-refractivity contribution in [1.82, 2.24) is 0 Å². The van der Waals surface area contributed by atoms with E-state index in [1.165, 1.54) is 12.8 Å². The molecule has 0 nitrogen and oxygen atoms in total. The van der Waals surface area contributed by atoms with E-state index in [1.807, 2.05) is 0 Å². The second-order valence-electron chi connectivity index (χ2n) is 2.23. The lowest BCUT2D eigenvalue weighted by atomic mass is 10.3. The van der Waals surface area contributed by atoms with Crippen molar-refractivity contribution in [2.24, 2.45) is 11.8 Å². The van der Waals surface area contributed by atoms with Crippen LogP contribution in [0.3, 0.4) is 0 Å². The van der Waals surface area contributed by atoms with E-state index in [9.17, 15) is 0 Å². The Kier molecular flexibility index (Phi) is 1.74. The quantitative estimate of drug-likeness (QED) is 0.546. The molecule has 1 radical (unpaired) electrons. The molecule has 7 heavy (non-hydrogen) atoms. The molecule has 1 fully saturated rings. The summed E-state index contributed by atoms with van der Waals surface area (Å²) in [5.74, 6) is 1.75. The first kappa shape index (κ1) is 5.61. The fourth-order valence-corrected chi connectivity index (χ4v) is 1.39. The largest absolute Gasteiger partial charge is 0.0928 e. The SMILES string of the molecule is [CH2]C1CC1CCBr. The van der Waals surface area contributed by atoms with Crippen LogP contribution in [0.2, 0.25) is 0 Å². The summed E-state index contributed by atoms with van der Waals surface area (Å²) in [5.41, 5.74) is 0. The van der Waals surface area contributed by atoms with Gasteiger partial charge in [0.05, 0.1) is 0 Å². The standard InChI is InChI=1S/C6H10Br/c1-5-4-6(5)2-3-7/h5-6H,1-4H2. The van der Waals surface area contributed by atoms with Gasteiger partial charge in [-0.25, -0.2) is 0 Å². The summed E-state index contributed by atoms with van der Waals surface area (Å²) in [6.45, 7) is 3.93. The average Bonchev–Trinajstić information content (AvgIpc) is 2.22. The van der Waals surface area contributed by atoms with E-state index in [0.29, 0.717) is 0 Å². The van der Waals surface area contributed by atoms with Crippen molar-refractivity contribution in [2.75, 3.05) is 5.33 Å². The van der Waals surface area contributed by atoms with Gasteiger partial charge in [0.25, 0.3) is 0 Å². The van der Waals surface area contributed by atoms with Crippen LogP contribution in [0.15, 0.2) is 0 Å². The average molecular weight is 162 g/mol. The number of hydrogen-bond donors (Lipinski definition) is 0. The Hall–Kier alpha value is 0.480. The third-order valence-electron chi connectivity index (χ3n) is 1.55. The van der Waals surface area contributed by atoms with Gasteiger partial charge in [-0.05, 0) is 31.6 Å². The predicted octanol–water partition coefficient (Wildman–Crippen LogP) is 2.24. The molecule has 0 heterocycles. The van der Waals surface area contributed by atoms with Gasteiger partial charge in [-0.15, -0.1) is 0 Å². The van der Waals surface area contributed by atoms with Crippen molar-refractivity contribution < 1.29 is 0 Å². The molecule has 0 aromatic heterocycles. The molecule has 1 heteroatoms. The Balaban J connectivity index is 1.98. The third kappa shape index (κ3) is 1.45. The Labute approximate surface area is 53.4 Å². The summed E-state index contributed by atoms with van der Waals surface area (Å²) in [4.78, 5) is 0. The summed E-state index contributed by atoms with van der Waals surface area (Å²) >= 11 is 3.39. The van der Waals surface area contributed by atoms with E-state index in [-0.39, 0.29) is 0 Å². The Morgan fingerprint density at radius 1 is 1.71 bits per heavy atom. The van der Waals surface area contributed by atoms with Gasteiger partial charge in [0.2, 0.25) is 0 Å². The van der Waals surface area contributed by atoms with Crippen LogP contribution in [0.5, 0.6) is 0 Å². The molecule has 1 aliphatic carbocycles. The molecule has 0 aromatic carbocycles. The monoisotopic (exact) mass is 161 g/mol. The zero-order valence-corrected chi connectivity index (χ0v) is 5.95. The Bertz CT molecular complexity index is 61.2. The second-order valence-corrected chi connectivity index (χ2v) is 3.03. The van der Waals surface area contributed by atoms with Crippen LogP contribution < -0.4 is 0 Å². The minimum atomic E-state index is 0.789. The van der Waals surface area contributed by atoms with E-state index >= 15 is 0 Å². The van der Waals surface area contributed by atoms with Crippen molar-refractivity contribution in [1.29, 1.82) is 0 Å². The summed E-state index contributed by atoms with van der Waals surface area (Å²) in [7, 11) is 0. The lowest BCUT2D eigenvalue weighted by molar-refractivity contribution is 0.765. The maximum Gasteiger partial charge on any atom is 0.00340 e. The second kappa shape index (κ2) is 2.17. The van der Waals surface area contributed by atoms with Crippen LogP contribution in [0.1, 0.15) is 12.8 Å². The number of halogens is 1. The Morgan fingerprint density at radius 2 is 2.29 bits per heavy atom. The molecular weight excluding hydrogens is 152 g/mol. The van der Waals surface area contributed by atoms with Crippen LogP contribution in [0.25, 0.3) is 0 Å². The van der Waals surface area contributed by atoms with Gasteiger partial charge in [-0.2, -0.15) is 0 Å². The van der Waals surface area contributed by atoms with E-state index in [0.717, 1.165) is 17.2 Å². The first-order valence-electron chi connectivity index (χ1n) is 2.73. The van der Waals surface area contributed by atoms with Crippen LogP contribution >= 0.6 is 15.9 Å². The highest BCUT2D eigenvalue weighted by Crippen LogP contribution is 2.40. The zero-order chi connectivity index (χ0) is 5.28. The smallest absolute Gasteiger partial charge is 0.00340 e. The van der Waals surface area contributed by atoms with E-state index < -0.39 is 0 Å². The fourth-order valence-electron chi connectivity index (χ4n) is 0.804. The molecule has 2 unspecified atom stereocenters. The highest BCUT2D eigenvalue weighted by atomic mass is 79.9. The van der Waals surface area contributed by atoms with Crippen LogP contribution in [-0.2, 0) is 0 Å². The van der Waals surface area contributed by atoms with Gasteiger partial charge >= 0.3 is 0 Å². The van der Waals surface area contributed by atoms with Crippen molar-refractivity contribution >= 4 is 15.9 Å². The molecule has 41 valence electrons. The van der Waals surface area contributed by atoms with Crippen molar-refractivity contribution in [3.05, 3.63) is 6.92 Å². The lowest BCUT2D eigenvalue weighted by Crippen LogP contribution is -1.77. The highest BCUT2D eigenvalue weighted by Gasteiger charge is 2.31. The molecule has 1 saturated carbocycles. The maximum absolute atomic E-state index is 3.93. The molecule has 0 N–H and O–H groups in total. The van der Waals surface area contributed by atoms with E-state index in [4.69, 9.17) is 0 Å². The van der Waals surface area contributed by atoms with Gasteiger partial charge in [-0.1, -0.05) is 15.9 Å². The fraction of sp³-hybridized carbons (Fsp3) is 0.833. The van der Waals surface area contributed by atoms with Crippen LogP contribution in [-0.4, -0.2) is 5.33 Å². The molecule has 0 aliphatic heterocycles. The molecule has 0 aromatic rings. The molecule has 2 atom stereocenters. The molecule has 0 bridgehead atoms. The van der Waals surface area contributed by atoms with Crippen LogP contribution in [0.4, 0.5) is 0 Å². The lowest BCUT2D eigenvalue weighted by Gasteiger charge is -1.85. The normalized spacial score (nSPS) is 38.6. The Morgan fingerprint density at radius 3 is 2.43 bits per heavy atom. The van der Waals surface area contributed by atoms with Gasteiger partial charge < -0.3 is 0 Å². The minimum absolute atomic E-state index is 0.789. The van der Waals surface area contributed by atoms with Crippen molar-refractivity contribution in [3.63, 3.8) is 0 Å². The molecule has 0 amide bonds. The first-order chi connectivity index (χ1) is 3.34. The van der Waals surface area contributed by atoms with E-state index in [1.54, 1.807) is 0 Å². The summed E-state index contributed by atoms with van der Waals surface area (Å²) < 4.78 is 0. The molecule has 1 aliphatic rings. The van der Waals surface area contributed by atoms with Gasteiger partial charge in [0, 0.05) is 5.33 Å². The van der Waals surface area contributed by atoms with Crippen molar-refractivity contribution in [2.45, 2.75) is 12.8 Å². The maximum atomic E-state index is 3.93.